The van der Waals surface area contributed by atoms with Gasteiger partial charge in [0, 0.05) is 17.1 Å². The lowest BCUT2D eigenvalue weighted by Crippen LogP contribution is -2.10. The molecule has 0 aliphatic rings. The van der Waals surface area contributed by atoms with E-state index in [4.69, 9.17) is 0 Å². The van der Waals surface area contributed by atoms with Crippen LogP contribution in [0.1, 0.15) is 54.5 Å². The van der Waals surface area contributed by atoms with Crippen molar-refractivity contribution >= 4 is 29.2 Å². The van der Waals surface area contributed by atoms with E-state index in [1.807, 2.05) is 0 Å². The SMILES string of the molecule is CCCc1cc(/C=C/c2ccc(-c3ccc(-c4ccccc4)cc3C)cc2)ccc1-c1ccc(N(c2ccccc2)c2ccccc2)cc1CCC. The predicted octanol–water partition coefficient (Wildman–Crippen LogP) is 14.5. The summed E-state index contributed by atoms with van der Waals surface area (Å²) in [5.41, 5.74) is 17.7. The molecule has 0 fully saturated rings. The zero-order valence-electron chi connectivity index (χ0n) is 30.6. The summed E-state index contributed by atoms with van der Waals surface area (Å²) >= 11 is 0. The van der Waals surface area contributed by atoms with Crippen molar-refractivity contribution in [3.8, 4) is 33.4 Å². The van der Waals surface area contributed by atoms with Gasteiger partial charge in [-0.1, -0.05) is 172 Å². The fraction of sp³-hybridized carbons (Fsp3) is 0.137. The van der Waals surface area contributed by atoms with E-state index in [2.05, 4.69) is 208 Å². The highest BCUT2D eigenvalue weighted by molar-refractivity contribution is 5.82. The second-order valence-corrected chi connectivity index (χ2v) is 13.6. The smallest absolute Gasteiger partial charge is 0.0464 e. The zero-order valence-corrected chi connectivity index (χ0v) is 30.6. The molecule has 0 saturated heterocycles. The molecule has 7 rings (SSSR count). The molecule has 0 atom stereocenters. The second-order valence-electron chi connectivity index (χ2n) is 13.6. The first-order chi connectivity index (χ1) is 25.6. The van der Waals surface area contributed by atoms with Crippen LogP contribution in [-0.4, -0.2) is 0 Å². The lowest BCUT2D eigenvalue weighted by molar-refractivity contribution is 0.913. The Bertz CT molecular complexity index is 2210. The van der Waals surface area contributed by atoms with Crippen molar-refractivity contribution in [2.75, 3.05) is 4.90 Å². The van der Waals surface area contributed by atoms with Gasteiger partial charge in [0.25, 0.3) is 0 Å². The van der Waals surface area contributed by atoms with Gasteiger partial charge < -0.3 is 4.90 Å². The fourth-order valence-electron chi connectivity index (χ4n) is 7.28. The van der Waals surface area contributed by atoms with E-state index >= 15 is 0 Å². The average Bonchev–Trinajstić information content (AvgIpc) is 3.19. The molecular weight excluding hydrogens is 627 g/mol. The summed E-state index contributed by atoms with van der Waals surface area (Å²) < 4.78 is 0. The summed E-state index contributed by atoms with van der Waals surface area (Å²) in [6, 6.07) is 61.7. The van der Waals surface area contributed by atoms with Crippen LogP contribution in [0.25, 0.3) is 45.5 Å². The average molecular weight is 674 g/mol. The van der Waals surface area contributed by atoms with Crippen molar-refractivity contribution in [2.24, 2.45) is 0 Å². The van der Waals surface area contributed by atoms with Crippen LogP contribution in [-0.2, 0) is 12.8 Å². The molecule has 0 aliphatic carbocycles. The third-order valence-corrected chi connectivity index (χ3v) is 9.86. The summed E-state index contributed by atoms with van der Waals surface area (Å²) in [6.07, 6.45) is 8.76. The van der Waals surface area contributed by atoms with Crippen LogP contribution in [0.5, 0.6) is 0 Å². The van der Waals surface area contributed by atoms with E-state index in [-0.39, 0.29) is 0 Å². The van der Waals surface area contributed by atoms with Crippen LogP contribution in [0.2, 0.25) is 0 Å². The maximum atomic E-state index is 2.41. The van der Waals surface area contributed by atoms with Crippen molar-refractivity contribution < 1.29 is 0 Å². The van der Waals surface area contributed by atoms with E-state index in [9.17, 15) is 0 Å². The van der Waals surface area contributed by atoms with E-state index in [1.54, 1.807) is 0 Å². The van der Waals surface area contributed by atoms with Gasteiger partial charge in [-0.2, -0.15) is 0 Å². The molecule has 0 unspecified atom stereocenters. The number of anilines is 3. The Hall–Kier alpha value is -5.92. The van der Waals surface area contributed by atoms with E-state index in [1.165, 1.54) is 66.9 Å². The first-order valence-corrected chi connectivity index (χ1v) is 18.7. The molecule has 1 heteroatoms. The Kier molecular flexibility index (Phi) is 10.9. The highest BCUT2D eigenvalue weighted by Gasteiger charge is 2.16. The minimum Gasteiger partial charge on any atom is -0.310 e. The van der Waals surface area contributed by atoms with E-state index in [0.29, 0.717) is 0 Å². The number of hydrogen-bond donors (Lipinski definition) is 0. The fourth-order valence-corrected chi connectivity index (χ4v) is 7.28. The Labute approximate surface area is 310 Å². The van der Waals surface area contributed by atoms with Gasteiger partial charge in [0.2, 0.25) is 0 Å². The molecule has 7 aromatic rings. The Balaban J connectivity index is 1.14. The van der Waals surface area contributed by atoms with Crippen LogP contribution in [0.15, 0.2) is 170 Å². The number of hydrogen-bond acceptors (Lipinski definition) is 1. The molecule has 0 aliphatic heterocycles. The predicted molar refractivity (Wildman–Crippen MR) is 226 cm³/mol. The van der Waals surface area contributed by atoms with Crippen molar-refractivity contribution in [3.05, 3.63) is 198 Å². The number of nitrogens with zero attached hydrogens (tertiary/aromatic N) is 1. The molecule has 7 aromatic carbocycles. The van der Waals surface area contributed by atoms with Gasteiger partial charge in [-0.25, -0.2) is 0 Å². The summed E-state index contributed by atoms with van der Waals surface area (Å²) in [6.45, 7) is 6.76. The van der Waals surface area contributed by atoms with Gasteiger partial charge in [-0.3, -0.25) is 0 Å². The minimum atomic E-state index is 1.03. The monoisotopic (exact) mass is 673 g/mol. The Morgan fingerprint density at radius 2 is 0.904 bits per heavy atom. The van der Waals surface area contributed by atoms with Crippen molar-refractivity contribution in [1.82, 2.24) is 0 Å². The van der Waals surface area contributed by atoms with Gasteiger partial charge >= 0.3 is 0 Å². The van der Waals surface area contributed by atoms with E-state index in [0.717, 1.165) is 37.1 Å². The molecule has 0 heterocycles. The summed E-state index contributed by atoms with van der Waals surface area (Å²) in [5.74, 6) is 0. The molecule has 0 bridgehead atoms. The minimum absolute atomic E-state index is 1.03. The zero-order chi connectivity index (χ0) is 35.7. The number of aryl methyl sites for hydroxylation is 3. The summed E-state index contributed by atoms with van der Waals surface area (Å²) in [4.78, 5) is 2.36. The molecule has 0 saturated carbocycles. The second kappa shape index (κ2) is 16.4. The number of rotatable bonds is 12. The molecule has 1 nitrogen and oxygen atoms in total. The first-order valence-electron chi connectivity index (χ1n) is 18.7. The van der Waals surface area contributed by atoms with Gasteiger partial charge in [0.15, 0.2) is 0 Å². The largest absolute Gasteiger partial charge is 0.310 e. The molecule has 0 amide bonds. The van der Waals surface area contributed by atoms with Gasteiger partial charge in [-0.05, 0) is 117 Å². The highest BCUT2D eigenvalue weighted by Crippen LogP contribution is 2.39. The lowest BCUT2D eigenvalue weighted by Gasteiger charge is -2.27. The standard InChI is InChI=1S/C51H47N/c1-4-15-44-36-40(24-23-39-25-28-42(29-26-39)49-33-30-43(35-38(49)3)41-17-9-6-10-18-41)27-32-50(44)51-34-31-48(37-45(51)16-5-2)52(46-19-11-7-12-20-46)47-21-13-8-14-22-47/h6-14,17-37H,4-5,15-16H2,1-3H3/b24-23+. The van der Waals surface area contributed by atoms with E-state index < -0.39 is 0 Å². The van der Waals surface area contributed by atoms with Crippen LogP contribution in [0, 0.1) is 6.92 Å². The molecule has 0 spiro atoms. The Morgan fingerprint density at radius 1 is 0.404 bits per heavy atom. The normalized spacial score (nSPS) is 11.2. The van der Waals surface area contributed by atoms with Gasteiger partial charge in [0.1, 0.15) is 0 Å². The van der Waals surface area contributed by atoms with Crippen molar-refractivity contribution in [3.63, 3.8) is 0 Å². The van der Waals surface area contributed by atoms with Crippen LogP contribution >= 0.6 is 0 Å². The topological polar surface area (TPSA) is 3.24 Å². The number of benzene rings is 7. The maximum Gasteiger partial charge on any atom is 0.0464 e. The molecular formula is C51H47N. The van der Waals surface area contributed by atoms with Crippen molar-refractivity contribution in [1.29, 1.82) is 0 Å². The molecule has 52 heavy (non-hydrogen) atoms. The maximum absolute atomic E-state index is 2.41. The third-order valence-electron chi connectivity index (χ3n) is 9.86. The molecule has 0 radical (unpaired) electrons. The first kappa shape index (κ1) is 34.5. The molecule has 0 N–H and O–H groups in total. The number of para-hydroxylation sites is 2. The molecule has 256 valence electrons. The third kappa shape index (κ3) is 7.85. The summed E-state index contributed by atoms with van der Waals surface area (Å²) in [7, 11) is 0. The van der Waals surface area contributed by atoms with Crippen LogP contribution in [0.4, 0.5) is 17.1 Å². The lowest BCUT2D eigenvalue weighted by atomic mass is 9.90. The van der Waals surface area contributed by atoms with Crippen LogP contribution in [0.3, 0.4) is 0 Å². The highest BCUT2D eigenvalue weighted by atomic mass is 15.1. The Morgan fingerprint density at radius 3 is 1.50 bits per heavy atom. The summed E-state index contributed by atoms with van der Waals surface area (Å²) in [5, 5.41) is 0. The van der Waals surface area contributed by atoms with Crippen molar-refractivity contribution in [2.45, 2.75) is 46.5 Å². The molecule has 0 aromatic heterocycles. The van der Waals surface area contributed by atoms with Crippen LogP contribution < -0.4 is 4.90 Å². The van der Waals surface area contributed by atoms with Gasteiger partial charge in [-0.15, -0.1) is 0 Å². The van der Waals surface area contributed by atoms with Gasteiger partial charge in [0.05, 0.1) is 0 Å². The quantitative estimate of drug-likeness (QED) is 0.117.